The third-order valence-corrected chi connectivity index (χ3v) is 8.28. The van der Waals surface area contributed by atoms with E-state index >= 15 is 0 Å². The van der Waals surface area contributed by atoms with E-state index in [4.69, 9.17) is 12.8 Å². The maximum absolute atomic E-state index is 12.1. The minimum absolute atomic E-state index is 0.265. The second kappa shape index (κ2) is 39.2. The Morgan fingerprint density at radius 2 is 0.959 bits per heavy atom. The number of aliphatic hydroxyl groups excluding tert-OH is 2. The van der Waals surface area contributed by atoms with Crippen LogP contribution in [0.2, 0.25) is 0 Å². The first-order chi connectivity index (χ1) is 24.1. The van der Waals surface area contributed by atoms with Crippen LogP contribution >= 0.6 is 0 Å². The summed E-state index contributed by atoms with van der Waals surface area (Å²) in [4.78, 5) is 12.1. The Morgan fingerprint density at radius 3 is 1.51 bits per heavy atom. The molecule has 0 aromatic carbocycles. The van der Waals surface area contributed by atoms with Crippen LogP contribution in [0.15, 0.2) is 48.6 Å². The van der Waals surface area contributed by atoms with Crippen LogP contribution in [0.5, 0.6) is 0 Å². The van der Waals surface area contributed by atoms with Crippen LogP contribution in [0.3, 0.4) is 0 Å². The molecule has 0 aliphatic heterocycles. The van der Waals surface area contributed by atoms with Crippen molar-refractivity contribution in [1.29, 1.82) is 0 Å². The molecule has 3 nitrogen and oxygen atoms in total. The van der Waals surface area contributed by atoms with E-state index in [0.717, 1.165) is 96.3 Å². The van der Waals surface area contributed by atoms with E-state index < -0.39 is 12.2 Å². The molecule has 3 heteroatoms. The van der Waals surface area contributed by atoms with E-state index in [0.29, 0.717) is 6.42 Å². The summed E-state index contributed by atoms with van der Waals surface area (Å²) < 4.78 is 0. The minimum atomic E-state index is -0.857. The molecule has 0 aliphatic carbocycles. The zero-order valence-electron chi connectivity index (χ0n) is 30.8. The first kappa shape index (κ1) is 45.8. The van der Waals surface area contributed by atoms with Gasteiger partial charge >= 0.3 is 0 Å². The molecule has 2 N–H and O–H groups in total. The first-order valence-electron chi connectivity index (χ1n) is 19.5. The number of allylic oxidation sites excluding steroid dienone is 7. The molecule has 0 unspecified atom stereocenters. The number of carbonyl (C=O) groups excluding carboxylic acids is 1. The summed E-state index contributed by atoms with van der Waals surface area (Å²) in [7, 11) is 0. The van der Waals surface area contributed by atoms with E-state index in [-0.39, 0.29) is 5.78 Å². The molecule has 0 aliphatic rings. The van der Waals surface area contributed by atoms with Gasteiger partial charge < -0.3 is 10.2 Å². The van der Waals surface area contributed by atoms with Crippen LogP contribution < -0.4 is 0 Å². The zero-order chi connectivity index (χ0) is 35.7. The summed E-state index contributed by atoms with van der Waals surface area (Å²) in [5, 5.41) is 19.1. The van der Waals surface area contributed by atoms with E-state index in [1.807, 2.05) is 6.08 Å². The summed E-state index contributed by atoms with van der Waals surface area (Å²) in [5.74, 6) is 16.8. The van der Waals surface area contributed by atoms with Crippen molar-refractivity contribution in [1.82, 2.24) is 0 Å². The van der Waals surface area contributed by atoms with Crippen LogP contribution in [-0.2, 0) is 4.79 Å². The molecule has 0 saturated carbocycles. The van der Waals surface area contributed by atoms with Crippen LogP contribution in [-0.4, -0.2) is 28.2 Å². The molecule has 0 saturated heterocycles. The van der Waals surface area contributed by atoms with Gasteiger partial charge in [0.25, 0.3) is 0 Å². The molecule has 0 aromatic heterocycles. The Bertz CT molecular complexity index is 1100. The Morgan fingerprint density at radius 1 is 0.531 bits per heavy atom. The standard InChI is InChI=1S/C46H68O3/c1-3-5-6-7-8-9-10-11-12-13-14-15-16-19-25-30-35-40-45(48)41-36-31-26-20-17-18-21-27-32-37-42-46(49)43-38-33-28-23-22-24-29-34-39-44(47)4-2/h1-2,5-6,17,20,34-35,39-40,44,46-47,49H,7-16,18-19,21-33,36,41H2/b6-5-,20-17-,39-34+,40-35+/t44-,46-/m1/s1. The van der Waals surface area contributed by atoms with Crippen molar-refractivity contribution >= 4 is 5.78 Å². The number of rotatable bonds is 31. The SMILES string of the molecule is C#C/C=C\CCCCCCCCCCCCC/C=C/C(=O)CCCC/C=C\CCCCC#C[C@@H](O)C#CCCCCCC/C=C/[C@H](O)C#C. The van der Waals surface area contributed by atoms with E-state index in [1.165, 1.54) is 70.6 Å². The maximum atomic E-state index is 12.1. The molecule has 0 rings (SSSR count). The molecule has 0 heterocycles. The van der Waals surface area contributed by atoms with Gasteiger partial charge in [0, 0.05) is 19.3 Å². The average molecular weight is 669 g/mol. The van der Waals surface area contributed by atoms with Gasteiger partial charge in [-0.3, -0.25) is 4.79 Å². The lowest BCUT2D eigenvalue weighted by Gasteiger charge is -2.02. The number of hydrogen-bond acceptors (Lipinski definition) is 3. The Labute approximate surface area is 302 Å². The largest absolute Gasteiger partial charge is 0.377 e. The monoisotopic (exact) mass is 669 g/mol. The van der Waals surface area contributed by atoms with Crippen molar-refractivity contribution in [3.8, 4) is 48.4 Å². The highest BCUT2D eigenvalue weighted by molar-refractivity contribution is 5.89. The number of carbonyl (C=O) groups is 1. The smallest absolute Gasteiger partial charge is 0.176 e. The first-order valence-corrected chi connectivity index (χ1v) is 19.5. The summed E-state index contributed by atoms with van der Waals surface area (Å²) in [6, 6.07) is 0. The molecular weight excluding hydrogens is 601 g/mol. The molecule has 0 amide bonds. The topological polar surface area (TPSA) is 57.5 Å². The number of hydrogen-bond donors (Lipinski definition) is 2. The molecule has 0 bridgehead atoms. The molecule has 0 fully saturated rings. The summed E-state index contributed by atoms with van der Waals surface area (Å²) in [5.41, 5.74) is 0. The van der Waals surface area contributed by atoms with Crippen LogP contribution in [0, 0.1) is 48.4 Å². The van der Waals surface area contributed by atoms with Gasteiger partial charge in [-0.25, -0.2) is 0 Å². The third kappa shape index (κ3) is 39.1. The van der Waals surface area contributed by atoms with Crippen LogP contribution in [0.4, 0.5) is 0 Å². The number of aliphatic hydroxyl groups is 2. The molecule has 49 heavy (non-hydrogen) atoms. The number of ketones is 1. The lowest BCUT2D eigenvalue weighted by Crippen LogP contribution is -1.97. The van der Waals surface area contributed by atoms with Crippen molar-refractivity contribution in [3.63, 3.8) is 0 Å². The van der Waals surface area contributed by atoms with Crippen LogP contribution in [0.25, 0.3) is 0 Å². The fourth-order valence-electron chi connectivity index (χ4n) is 5.32. The molecule has 0 spiro atoms. The Balaban J connectivity index is 3.51. The predicted octanol–water partition coefficient (Wildman–Crippen LogP) is 11.3. The van der Waals surface area contributed by atoms with Gasteiger partial charge in [0.1, 0.15) is 6.10 Å². The van der Waals surface area contributed by atoms with Crippen molar-refractivity contribution in [3.05, 3.63) is 48.6 Å². The fraction of sp³-hybridized carbons (Fsp3) is 0.630. The minimum Gasteiger partial charge on any atom is -0.377 e. The van der Waals surface area contributed by atoms with Crippen molar-refractivity contribution < 1.29 is 15.0 Å². The highest BCUT2D eigenvalue weighted by Crippen LogP contribution is 2.13. The summed E-state index contributed by atoms with van der Waals surface area (Å²) in [6.07, 6.45) is 54.8. The van der Waals surface area contributed by atoms with Gasteiger partial charge in [-0.2, -0.15) is 0 Å². The quantitative estimate of drug-likeness (QED) is 0.0334. The van der Waals surface area contributed by atoms with Gasteiger partial charge in [-0.1, -0.05) is 137 Å². The highest BCUT2D eigenvalue weighted by atomic mass is 16.3. The maximum Gasteiger partial charge on any atom is 0.176 e. The van der Waals surface area contributed by atoms with Crippen molar-refractivity contribution in [2.24, 2.45) is 0 Å². The predicted molar refractivity (Wildman–Crippen MR) is 211 cm³/mol. The number of terminal acetylenes is 2. The van der Waals surface area contributed by atoms with Crippen LogP contribution in [0.1, 0.15) is 173 Å². The second-order valence-electron chi connectivity index (χ2n) is 12.9. The van der Waals surface area contributed by atoms with Gasteiger partial charge in [0.15, 0.2) is 11.9 Å². The average Bonchev–Trinajstić information content (AvgIpc) is 3.10. The van der Waals surface area contributed by atoms with Gasteiger partial charge in [-0.15, -0.1) is 12.8 Å². The third-order valence-electron chi connectivity index (χ3n) is 8.28. The van der Waals surface area contributed by atoms with Gasteiger partial charge in [0.05, 0.1) is 0 Å². The second-order valence-corrected chi connectivity index (χ2v) is 12.9. The molecule has 270 valence electrons. The normalized spacial score (nSPS) is 12.5. The highest BCUT2D eigenvalue weighted by Gasteiger charge is 1.97. The lowest BCUT2D eigenvalue weighted by molar-refractivity contribution is -0.114. The Kier molecular flexibility index (Phi) is 36.7. The summed E-state index contributed by atoms with van der Waals surface area (Å²) in [6.45, 7) is 0. The van der Waals surface area contributed by atoms with Gasteiger partial charge in [0.2, 0.25) is 0 Å². The van der Waals surface area contributed by atoms with E-state index in [2.05, 4.69) is 59.8 Å². The lowest BCUT2D eigenvalue weighted by atomic mass is 10.0. The summed E-state index contributed by atoms with van der Waals surface area (Å²) >= 11 is 0. The van der Waals surface area contributed by atoms with Crippen molar-refractivity contribution in [2.75, 3.05) is 0 Å². The Hall–Kier alpha value is -3.21. The van der Waals surface area contributed by atoms with Gasteiger partial charge in [-0.05, 0) is 102 Å². The number of unbranched alkanes of at least 4 members (excludes halogenated alkanes) is 22. The fourth-order valence-corrected chi connectivity index (χ4v) is 5.32. The van der Waals surface area contributed by atoms with E-state index in [1.54, 1.807) is 18.2 Å². The van der Waals surface area contributed by atoms with E-state index in [9.17, 15) is 15.0 Å². The molecular formula is C46H68O3. The molecule has 2 atom stereocenters. The van der Waals surface area contributed by atoms with Crippen molar-refractivity contribution in [2.45, 2.75) is 186 Å². The molecule has 0 aromatic rings. The zero-order valence-corrected chi connectivity index (χ0v) is 30.8. The molecule has 0 radical (unpaired) electrons.